The number of likely N-dealkylation sites (tertiary alicyclic amines) is 1. The Labute approximate surface area is 233 Å². The number of thiazole rings is 1. The number of amides is 1. The van der Waals surface area contributed by atoms with Gasteiger partial charge in [-0.1, -0.05) is 6.07 Å². The molecule has 1 N–H and O–H groups in total. The highest BCUT2D eigenvalue weighted by Gasteiger charge is 2.39. The summed E-state index contributed by atoms with van der Waals surface area (Å²) in [6.45, 7) is 1.25. The molecule has 3 aromatic heterocycles. The van der Waals surface area contributed by atoms with Crippen LogP contribution in [0.2, 0.25) is 0 Å². The molecule has 1 fully saturated rings. The van der Waals surface area contributed by atoms with E-state index < -0.39 is 12.2 Å². The van der Waals surface area contributed by atoms with Crippen molar-refractivity contribution in [3.05, 3.63) is 83.8 Å². The summed E-state index contributed by atoms with van der Waals surface area (Å²) in [5, 5.41) is 3.97. The Kier molecular flexibility index (Phi) is 6.85. The van der Waals surface area contributed by atoms with E-state index in [0.29, 0.717) is 16.5 Å². The van der Waals surface area contributed by atoms with Crippen LogP contribution in [0.25, 0.3) is 21.1 Å². The summed E-state index contributed by atoms with van der Waals surface area (Å²) < 4.78 is 17.2. The van der Waals surface area contributed by atoms with E-state index in [2.05, 4.69) is 15.3 Å². The molecule has 1 aliphatic heterocycles. The average Bonchev–Trinajstić information content (AvgIpc) is 3.66. The molecule has 4 heterocycles. The van der Waals surface area contributed by atoms with Crippen LogP contribution in [0.5, 0.6) is 0 Å². The predicted molar refractivity (Wildman–Crippen MR) is 153 cm³/mol. The number of pyridine rings is 1. The van der Waals surface area contributed by atoms with Gasteiger partial charge in [0, 0.05) is 47.4 Å². The topological polar surface area (TPSA) is 97.2 Å². The molecule has 0 aliphatic carbocycles. The van der Waals surface area contributed by atoms with Gasteiger partial charge in [-0.05, 0) is 55.0 Å². The first-order chi connectivity index (χ1) is 19.4. The van der Waals surface area contributed by atoms with Gasteiger partial charge in [-0.25, -0.2) is 9.37 Å². The second-order valence-electron chi connectivity index (χ2n) is 10.0. The molecule has 5 aromatic rings. The maximum atomic E-state index is 14.6. The molecule has 0 bridgehead atoms. The number of nitrogens with zero attached hydrogens (tertiary/aromatic N) is 4. The largest absolute Gasteiger partial charge is 0.354 e. The van der Waals surface area contributed by atoms with E-state index in [-0.39, 0.29) is 43.4 Å². The van der Waals surface area contributed by atoms with E-state index in [9.17, 15) is 18.8 Å². The Bertz CT molecular complexity index is 1750. The van der Waals surface area contributed by atoms with E-state index in [1.165, 1.54) is 23.2 Å². The third-order valence-electron chi connectivity index (χ3n) is 7.23. The van der Waals surface area contributed by atoms with Crippen molar-refractivity contribution < 1.29 is 18.8 Å². The van der Waals surface area contributed by atoms with Crippen LogP contribution in [0.15, 0.2) is 72.6 Å². The number of rotatable bonds is 8. The van der Waals surface area contributed by atoms with Gasteiger partial charge < -0.3 is 14.8 Å². The molecular weight excluding hydrogens is 529 g/mol. The number of hydrogen-bond donors (Lipinski definition) is 1. The van der Waals surface area contributed by atoms with Crippen molar-refractivity contribution in [2.24, 2.45) is 0 Å². The van der Waals surface area contributed by atoms with Crippen LogP contribution < -0.4 is 5.32 Å². The van der Waals surface area contributed by atoms with Gasteiger partial charge in [0.25, 0.3) is 0 Å². The number of ketones is 2. The van der Waals surface area contributed by atoms with Crippen molar-refractivity contribution in [3.8, 4) is 0 Å². The van der Waals surface area contributed by atoms with Crippen LogP contribution in [0, 0.1) is 0 Å². The molecule has 0 radical (unpaired) electrons. The van der Waals surface area contributed by atoms with Gasteiger partial charge in [0.2, 0.25) is 5.91 Å². The van der Waals surface area contributed by atoms with Crippen molar-refractivity contribution in [1.29, 1.82) is 0 Å². The highest BCUT2D eigenvalue weighted by Crippen LogP contribution is 2.29. The van der Waals surface area contributed by atoms with Crippen LogP contribution in [0.4, 0.5) is 15.8 Å². The first kappa shape index (κ1) is 25.8. The van der Waals surface area contributed by atoms with Crippen LogP contribution >= 0.6 is 11.3 Å². The summed E-state index contributed by atoms with van der Waals surface area (Å²) in [7, 11) is 0. The fraction of sp³-hybridized carbons (Fsp3) is 0.233. The Hall–Kier alpha value is -4.44. The average molecular weight is 556 g/mol. The SMILES string of the molecule is CC(=O)c1cn(CC(=O)N2C[C@H](F)C[C@H]2C(=O)Cc2ccc3ncsc3c2)c2ccc(Nc3cccnc3)cc12. The van der Waals surface area contributed by atoms with Gasteiger partial charge in [-0.3, -0.25) is 19.4 Å². The second kappa shape index (κ2) is 10.6. The number of nitrogens with one attached hydrogen (secondary N) is 1. The molecule has 0 spiro atoms. The minimum absolute atomic E-state index is 0.0120. The van der Waals surface area contributed by atoms with Gasteiger partial charge in [0.1, 0.15) is 12.7 Å². The molecule has 0 saturated carbocycles. The van der Waals surface area contributed by atoms with Crippen molar-refractivity contribution in [1.82, 2.24) is 19.4 Å². The summed E-state index contributed by atoms with van der Waals surface area (Å²) in [6.07, 6.45) is 3.87. The van der Waals surface area contributed by atoms with E-state index in [1.807, 2.05) is 48.5 Å². The lowest BCUT2D eigenvalue weighted by Crippen LogP contribution is -2.42. The number of hydrogen-bond acceptors (Lipinski definition) is 7. The number of fused-ring (bicyclic) bond motifs is 2. The van der Waals surface area contributed by atoms with Crippen LogP contribution in [0.1, 0.15) is 29.3 Å². The minimum Gasteiger partial charge on any atom is -0.354 e. The molecule has 1 aliphatic rings. The highest BCUT2D eigenvalue weighted by molar-refractivity contribution is 7.16. The van der Waals surface area contributed by atoms with E-state index >= 15 is 0 Å². The Morgan fingerprint density at radius 2 is 2.00 bits per heavy atom. The zero-order chi connectivity index (χ0) is 27.8. The fourth-order valence-electron chi connectivity index (χ4n) is 5.32. The summed E-state index contributed by atoms with van der Waals surface area (Å²) in [5.74, 6) is -0.683. The molecule has 2 atom stereocenters. The normalized spacial score (nSPS) is 17.0. The molecule has 2 aromatic carbocycles. The number of aromatic nitrogens is 3. The number of Topliss-reactive ketones (excluding diaryl/α,β-unsaturated/α-hetero) is 2. The van der Waals surface area contributed by atoms with Crippen LogP contribution in [0.3, 0.4) is 0 Å². The lowest BCUT2D eigenvalue weighted by molar-refractivity contribution is -0.137. The summed E-state index contributed by atoms with van der Waals surface area (Å²) in [4.78, 5) is 48.9. The second-order valence-corrected chi connectivity index (χ2v) is 10.9. The third-order valence-corrected chi connectivity index (χ3v) is 8.02. The summed E-state index contributed by atoms with van der Waals surface area (Å²) in [6, 6.07) is 14.1. The molecule has 40 heavy (non-hydrogen) atoms. The number of benzene rings is 2. The summed E-state index contributed by atoms with van der Waals surface area (Å²) in [5.41, 5.74) is 6.19. The smallest absolute Gasteiger partial charge is 0.243 e. The highest BCUT2D eigenvalue weighted by atomic mass is 32.1. The molecule has 10 heteroatoms. The Morgan fingerprint density at radius 1 is 1.12 bits per heavy atom. The van der Waals surface area contributed by atoms with Gasteiger partial charge in [0.15, 0.2) is 11.6 Å². The number of anilines is 2. The molecular formula is C30H26FN5O3S. The van der Waals surface area contributed by atoms with Gasteiger partial charge >= 0.3 is 0 Å². The predicted octanol–water partition coefficient (Wildman–Crippen LogP) is 5.34. The number of carbonyl (C=O) groups excluding carboxylic acids is 3. The van der Waals surface area contributed by atoms with Crippen molar-refractivity contribution in [3.63, 3.8) is 0 Å². The maximum Gasteiger partial charge on any atom is 0.243 e. The molecule has 1 saturated heterocycles. The van der Waals surface area contributed by atoms with E-state index in [1.54, 1.807) is 28.7 Å². The van der Waals surface area contributed by atoms with Gasteiger partial charge in [-0.2, -0.15) is 0 Å². The van der Waals surface area contributed by atoms with E-state index in [0.717, 1.165) is 27.2 Å². The van der Waals surface area contributed by atoms with Crippen LogP contribution in [-0.2, 0) is 22.6 Å². The summed E-state index contributed by atoms with van der Waals surface area (Å²) >= 11 is 1.49. The molecule has 0 unspecified atom stereocenters. The van der Waals surface area contributed by atoms with Gasteiger partial charge in [0.05, 0.1) is 40.2 Å². The van der Waals surface area contributed by atoms with E-state index in [4.69, 9.17) is 0 Å². The first-order valence-corrected chi connectivity index (χ1v) is 13.8. The molecule has 8 nitrogen and oxygen atoms in total. The zero-order valence-electron chi connectivity index (χ0n) is 21.7. The minimum atomic E-state index is -1.27. The van der Waals surface area contributed by atoms with Gasteiger partial charge in [-0.15, -0.1) is 11.3 Å². The zero-order valence-corrected chi connectivity index (χ0v) is 22.5. The number of alkyl halides is 1. The quantitative estimate of drug-likeness (QED) is 0.260. The lowest BCUT2D eigenvalue weighted by atomic mass is 10.0. The molecule has 1 amide bonds. The Balaban J connectivity index is 1.22. The monoisotopic (exact) mass is 555 g/mol. The maximum absolute atomic E-state index is 14.6. The number of carbonyl (C=O) groups is 3. The molecule has 202 valence electrons. The van der Waals surface area contributed by atoms with Crippen molar-refractivity contribution >= 4 is 61.3 Å². The number of halogens is 1. The fourth-order valence-corrected chi connectivity index (χ4v) is 6.06. The first-order valence-electron chi connectivity index (χ1n) is 12.9. The lowest BCUT2D eigenvalue weighted by Gasteiger charge is -2.24. The standard InChI is InChI=1S/C30H26FN5O3S/c1-18(37)24-15-35(26-7-5-21(12-23(24)26)34-22-3-2-8-32-13-22)16-30(39)36-14-20(31)11-27(36)28(38)9-19-4-6-25-29(10-19)40-17-33-25/h2-8,10,12-13,15,17,20,27,34H,9,11,14,16H2,1H3/t20-,27+/m1/s1. The van der Waals surface area contributed by atoms with Crippen molar-refractivity contribution in [2.45, 2.75) is 38.5 Å². The molecule has 6 rings (SSSR count). The van der Waals surface area contributed by atoms with Crippen LogP contribution in [-0.4, -0.2) is 55.7 Å². The Morgan fingerprint density at radius 3 is 2.80 bits per heavy atom. The third kappa shape index (κ3) is 5.10. The van der Waals surface area contributed by atoms with Crippen molar-refractivity contribution in [2.75, 3.05) is 11.9 Å².